The smallest absolute Gasteiger partial charge is 0.228 e. The van der Waals surface area contributed by atoms with Crippen LogP contribution in [0.4, 0.5) is 11.9 Å². The number of methoxy groups -OCH3 is 2. The third-order valence-electron chi connectivity index (χ3n) is 4.22. The van der Waals surface area contributed by atoms with E-state index in [2.05, 4.69) is 29.7 Å². The summed E-state index contributed by atoms with van der Waals surface area (Å²) in [6, 6.07) is 2.03. The molecule has 3 rings (SSSR count). The Hall–Kier alpha value is -2.64. The van der Waals surface area contributed by atoms with Gasteiger partial charge >= 0.3 is 0 Å². The van der Waals surface area contributed by atoms with Crippen LogP contribution in [0.5, 0.6) is 11.6 Å². The van der Waals surface area contributed by atoms with Crippen LogP contribution in [0.3, 0.4) is 0 Å². The first-order valence-electron chi connectivity index (χ1n) is 7.92. The van der Waals surface area contributed by atoms with Crippen LogP contribution in [-0.4, -0.2) is 60.3 Å². The maximum atomic E-state index is 5.18. The molecule has 1 atom stereocenters. The number of nitrogens with zero attached hydrogens (tertiary/aromatic N) is 6. The molecule has 8 nitrogen and oxygen atoms in total. The summed E-state index contributed by atoms with van der Waals surface area (Å²) in [5, 5.41) is 0. The lowest BCUT2D eigenvalue weighted by molar-refractivity contribution is 0.395. The standard InChI is InChI=1S/C16H22N6O2/c1-21(16-17-7-6-14(20-16)24-3)12-5-4-8-22(11-12)15-18-9-13(23-2)10-19-15/h6-7,9-10,12H,4-5,8,11H2,1-3H3. The largest absolute Gasteiger partial charge is 0.494 e. The molecule has 2 aromatic heterocycles. The fourth-order valence-corrected chi connectivity index (χ4v) is 2.81. The van der Waals surface area contributed by atoms with Gasteiger partial charge in [-0.3, -0.25) is 0 Å². The maximum absolute atomic E-state index is 5.18. The van der Waals surface area contributed by atoms with Crippen molar-refractivity contribution in [3.8, 4) is 11.6 Å². The van der Waals surface area contributed by atoms with Crippen molar-refractivity contribution in [1.29, 1.82) is 0 Å². The molecule has 0 spiro atoms. The molecule has 0 radical (unpaired) electrons. The minimum Gasteiger partial charge on any atom is -0.494 e. The lowest BCUT2D eigenvalue weighted by atomic mass is 10.1. The predicted octanol–water partition coefficient (Wildman–Crippen LogP) is 1.39. The molecule has 1 aliphatic heterocycles. The van der Waals surface area contributed by atoms with Gasteiger partial charge in [0.2, 0.25) is 17.8 Å². The molecule has 1 aliphatic rings. The van der Waals surface area contributed by atoms with Crippen LogP contribution >= 0.6 is 0 Å². The van der Waals surface area contributed by atoms with Gasteiger partial charge in [-0.25, -0.2) is 15.0 Å². The van der Waals surface area contributed by atoms with Gasteiger partial charge in [0, 0.05) is 38.4 Å². The van der Waals surface area contributed by atoms with E-state index in [1.807, 2.05) is 7.05 Å². The molecule has 24 heavy (non-hydrogen) atoms. The lowest BCUT2D eigenvalue weighted by Crippen LogP contribution is -2.47. The molecule has 3 heterocycles. The Labute approximate surface area is 141 Å². The van der Waals surface area contributed by atoms with Crippen molar-refractivity contribution in [3.05, 3.63) is 24.7 Å². The van der Waals surface area contributed by atoms with Crippen molar-refractivity contribution in [1.82, 2.24) is 19.9 Å². The molecule has 0 saturated carbocycles. The summed E-state index contributed by atoms with van der Waals surface area (Å²) in [5.41, 5.74) is 0. The third-order valence-corrected chi connectivity index (χ3v) is 4.22. The van der Waals surface area contributed by atoms with Crippen LogP contribution in [-0.2, 0) is 0 Å². The molecule has 0 bridgehead atoms. The molecule has 1 saturated heterocycles. The first kappa shape index (κ1) is 16.2. The maximum Gasteiger partial charge on any atom is 0.228 e. The average molecular weight is 330 g/mol. The third kappa shape index (κ3) is 3.47. The summed E-state index contributed by atoms with van der Waals surface area (Å²) in [5.74, 6) is 2.62. The van der Waals surface area contributed by atoms with Crippen LogP contribution in [0.25, 0.3) is 0 Å². The molecule has 0 N–H and O–H groups in total. The molecule has 0 aromatic carbocycles. The van der Waals surface area contributed by atoms with E-state index >= 15 is 0 Å². The zero-order valence-electron chi connectivity index (χ0n) is 14.2. The van der Waals surface area contributed by atoms with E-state index in [-0.39, 0.29) is 6.04 Å². The predicted molar refractivity (Wildman–Crippen MR) is 90.8 cm³/mol. The van der Waals surface area contributed by atoms with Crippen molar-refractivity contribution in [2.24, 2.45) is 0 Å². The second kappa shape index (κ2) is 7.29. The van der Waals surface area contributed by atoms with Crippen molar-refractivity contribution in [3.63, 3.8) is 0 Å². The minimum absolute atomic E-state index is 0.288. The monoisotopic (exact) mass is 330 g/mol. The topological polar surface area (TPSA) is 76.5 Å². The van der Waals surface area contributed by atoms with Gasteiger partial charge in [-0.2, -0.15) is 4.98 Å². The van der Waals surface area contributed by atoms with E-state index in [9.17, 15) is 0 Å². The fraction of sp³-hybridized carbons (Fsp3) is 0.500. The zero-order valence-corrected chi connectivity index (χ0v) is 14.2. The minimum atomic E-state index is 0.288. The van der Waals surface area contributed by atoms with Gasteiger partial charge in [-0.05, 0) is 12.8 Å². The summed E-state index contributed by atoms with van der Waals surface area (Å²) < 4.78 is 10.3. The Morgan fingerprint density at radius 2 is 1.96 bits per heavy atom. The Morgan fingerprint density at radius 3 is 2.67 bits per heavy atom. The van der Waals surface area contributed by atoms with Gasteiger partial charge in [-0.1, -0.05) is 0 Å². The molecule has 8 heteroatoms. The molecule has 0 amide bonds. The Bertz CT molecular complexity index is 666. The molecular weight excluding hydrogens is 308 g/mol. The van der Waals surface area contributed by atoms with Gasteiger partial charge < -0.3 is 19.3 Å². The number of aromatic nitrogens is 4. The van der Waals surface area contributed by atoms with Crippen LogP contribution in [0.2, 0.25) is 0 Å². The van der Waals surface area contributed by atoms with Crippen molar-refractivity contribution >= 4 is 11.9 Å². The summed E-state index contributed by atoms with van der Waals surface area (Å²) >= 11 is 0. The Morgan fingerprint density at radius 1 is 1.17 bits per heavy atom. The van der Waals surface area contributed by atoms with E-state index < -0.39 is 0 Å². The number of anilines is 2. The Balaban J connectivity index is 1.72. The van der Waals surface area contributed by atoms with Gasteiger partial charge in [-0.15, -0.1) is 0 Å². The normalized spacial score (nSPS) is 17.5. The summed E-state index contributed by atoms with van der Waals surface area (Å²) in [6.45, 7) is 1.76. The van der Waals surface area contributed by atoms with Crippen LogP contribution in [0.15, 0.2) is 24.7 Å². The van der Waals surface area contributed by atoms with E-state index in [0.717, 1.165) is 31.9 Å². The number of likely N-dealkylation sites (N-methyl/N-ethyl adjacent to an activating group) is 1. The van der Waals surface area contributed by atoms with Crippen LogP contribution < -0.4 is 19.3 Å². The zero-order chi connectivity index (χ0) is 16.9. The average Bonchev–Trinajstić information content (AvgIpc) is 2.67. The van der Waals surface area contributed by atoms with E-state index in [4.69, 9.17) is 9.47 Å². The molecule has 128 valence electrons. The summed E-state index contributed by atoms with van der Waals surface area (Å²) in [7, 11) is 5.23. The van der Waals surface area contributed by atoms with Gasteiger partial charge in [0.1, 0.15) is 0 Å². The number of hydrogen-bond donors (Lipinski definition) is 0. The van der Waals surface area contributed by atoms with E-state index in [0.29, 0.717) is 17.6 Å². The fourth-order valence-electron chi connectivity index (χ4n) is 2.81. The van der Waals surface area contributed by atoms with Crippen LogP contribution in [0.1, 0.15) is 12.8 Å². The molecular formula is C16H22N6O2. The summed E-state index contributed by atoms with van der Waals surface area (Å²) in [6.07, 6.45) is 7.24. The Kier molecular flexibility index (Phi) is 4.93. The first-order valence-corrected chi connectivity index (χ1v) is 7.92. The highest BCUT2D eigenvalue weighted by atomic mass is 16.5. The van der Waals surface area contributed by atoms with E-state index in [1.165, 1.54) is 0 Å². The highest BCUT2D eigenvalue weighted by molar-refractivity contribution is 5.37. The van der Waals surface area contributed by atoms with Crippen molar-refractivity contribution < 1.29 is 9.47 Å². The highest BCUT2D eigenvalue weighted by Crippen LogP contribution is 2.22. The van der Waals surface area contributed by atoms with Crippen LogP contribution in [0, 0.1) is 0 Å². The highest BCUT2D eigenvalue weighted by Gasteiger charge is 2.26. The van der Waals surface area contributed by atoms with E-state index in [1.54, 1.807) is 38.9 Å². The summed E-state index contributed by atoms with van der Waals surface area (Å²) in [4.78, 5) is 21.8. The quantitative estimate of drug-likeness (QED) is 0.814. The molecule has 0 aliphatic carbocycles. The molecule has 1 unspecified atom stereocenters. The second-order valence-corrected chi connectivity index (χ2v) is 5.67. The molecule has 2 aromatic rings. The van der Waals surface area contributed by atoms with Gasteiger partial charge in [0.15, 0.2) is 5.75 Å². The van der Waals surface area contributed by atoms with Gasteiger partial charge in [0.05, 0.1) is 26.6 Å². The first-order chi connectivity index (χ1) is 11.7. The van der Waals surface area contributed by atoms with Gasteiger partial charge in [0.25, 0.3) is 0 Å². The second-order valence-electron chi connectivity index (χ2n) is 5.67. The number of hydrogen-bond acceptors (Lipinski definition) is 8. The number of ether oxygens (including phenoxy) is 2. The van der Waals surface area contributed by atoms with Crippen molar-refractivity contribution in [2.75, 3.05) is 44.2 Å². The van der Waals surface area contributed by atoms with Crippen molar-refractivity contribution in [2.45, 2.75) is 18.9 Å². The molecule has 1 fully saturated rings. The number of piperidine rings is 1. The SMILES string of the molecule is COc1cnc(N2CCCC(N(C)c3nccc(OC)n3)C2)nc1. The lowest BCUT2D eigenvalue weighted by Gasteiger charge is -2.37. The number of rotatable bonds is 5.